The Kier molecular flexibility index (Phi) is 5.18. The summed E-state index contributed by atoms with van der Waals surface area (Å²) in [5.74, 6) is 0.950. The van der Waals surface area contributed by atoms with Crippen LogP contribution in [0.15, 0.2) is 28.9 Å². The fourth-order valence-corrected chi connectivity index (χ4v) is 4.18. The van der Waals surface area contributed by atoms with Gasteiger partial charge >= 0.3 is 0 Å². The van der Waals surface area contributed by atoms with Crippen LogP contribution in [0.5, 0.6) is 0 Å². The highest BCUT2D eigenvalue weighted by Crippen LogP contribution is 2.25. The molecule has 3 rings (SSSR count). The van der Waals surface area contributed by atoms with Gasteiger partial charge in [0.15, 0.2) is 0 Å². The lowest BCUT2D eigenvalue weighted by Gasteiger charge is -2.33. The smallest absolute Gasteiger partial charge is 0.252 e. The maximum atomic E-state index is 12.5. The first-order chi connectivity index (χ1) is 11.1. The molecule has 0 spiro atoms. The van der Waals surface area contributed by atoms with E-state index in [0.717, 1.165) is 29.3 Å². The topological polar surface area (TPSA) is 45.5 Å². The van der Waals surface area contributed by atoms with Crippen LogP contribution >= 0.6 is 11.3 Å². The number of carbonyl (C=O) groups excluding carboxylic acids is 1. The number of carbonyl (C=O) groups is 1. The zero-order valence-electron chi connectivity index (χ0n) is 13.8. The van der Waals surface area contributed by atoms with Crippen LogP contribution in [-0.4, -0.2) is 30.4 Å². The molecule has 0 radical (unpaired) electrons. The second-order valence-corrected chi connectivity index (χ2v) is 7.63. The summed E-state index contributed by atoms with van der Waals surface area (Å²) in [6.07, 6.45) is 5.43. The fraction of sp³-hybridized carbons (Fsp3) is 0.500. The fourth-order valence-electron chi connectivity index (χ4n) is 3.26. The summed E-state index contributed by atoms with van der Waals surface area (Å²) in [5, 5.41) is 3.10. The number of rotatable bonds is 5. The molecule has 1 unspecified atom stereocenters. The molecule has 0 aliphatic carbocycles. The third-order valence-electron chi connectivity index (χ3n) is 4.44. The molecule has 2 aromatic rings. The number of aryl methyl sites for hydroxylation is 2. The third-order valence-corrected chi connectivity index (χ3v) is 5.41. The maximum Gasteiger partial charge on any atom is 0.252 e. The Hall–Kier alpha value is -1.59. The second kappa shape index (κ2) is 7.32. The van der Waals surface area contributed by atoms with Crippen molar-refractivity contribution in [3.63, 3.8) is 0 Å². The molecule has 2 aromatic heterocycles. The van der Waals surface area contributed by atoms with Gasteiger partial charge in [-0.3, -0.25) is 9.69 Å². The number of nitrogens with one attached hydrogen (secondary N) is 1. The van der Waals surface area contributed by atoms with Crippen molar-refractivity contribution in [3.05, 3.63) is 45.5 Å². The van der Waals surface area contributed by atoms with E-state index in [1.807, 2.05) is 32.0 Å². The Bertz CT molecular complexity index is 642. The van der Waals surface area contributed by atoms with Crippen molar-refractivity contribution in [2.24, 2.45) is 0 Å². The van der Waals surface area contributed by atoms with E-state index in [0.29, 0.717) is 6.54 Å². The summed E-state index contributed by atoms with van der Waals surface area (Å²) in [6, 6.07) is 6.01. The van der Waals surface area contributed by atoms with Gasteiger partial charge in [-0.2, -0.15) is 0 Å². The van der Waals surface area contributed by atoms with Gasteiger partial charge in [0, 0.05) is 16.3 Å². The molecule has 1 fully saturated rings. The van der Waals surface area contributed by atoms with Crippen molar-refractivity contribution < 1.29 is 9.21 Å². The first kappa shape index (κ1) is 16.3. The number of likely N-dealkylation sites (tertiary alicyclic amines) is 1. The average molecular weight is 332 g/mol. The molecule has 1 aliphatic heterocycles. The van der Waals surface area contributed by atoms with Gasteiger partial charge in [0.2, 0.25) is 0 Å². The lowest BCUT2D eigenvalue weighted by atomic mass is 10.1. The molecule has 1 amide bonds. The van der Waals surface area contributed by atoms with Gasteiger partial charge in [0.1, 0.15) is 5.76 Å². The molecule has 1 atom stereocenters. The van der Waals surface area contributed by atoms with Crippen molar-refractivity contribution in [2.45, 2.75) is 39.2 Å². The van der Waals surface area contributed by atoms with Gasteiger partial charge in [0.25, 0.3) is 5.91 Å². The van der Waals surface area contributed by atoms with Crippen LogP contribution in [0.4, 0.5) is 0 Å². The Morgan fingerprint density at radius 1 is 1.35 bits per heavy atom. The van der Waals surface area contributed by atoms with Crippen molar-refractivity contribution in [2.75, 3.05) is 19.6 Å². The quantitative estimate of drug-likeness (QED) is 0.903. The minimum Gasteiger partial charge on any atom is -0.468 e. The molecule has 0 aromatic carbocycles. The van der Waals surface area contributed by atoms with Crippen molar-refractivity contribution in [1.82, 2.24) is 10.2 Å². The Balaban J connectivity index is 1.69. The molecule has 0 bridgehead atoms. The summed E-state index contributed by atoms with van der Waals surface area (Å²) in [5.41, 5.74) is 0.796. The van der Waals surface area contributed by atoms with Crippen molar-refractivity contribution in [3.8, 4) is 0 Å². The van der Waals surface area contributed by atoms with E-state index in [4.69, 9.17) is 4.42 Å². The number of nitrogens with zero attached hydrogens (tertiary/aromatic N) is 1. The molecule has 23 heavy (non-hydrogen) atoms. The van der Waals surface area contributed by atoms with E-state index < -0.39 is 0 Å². The second-order valence-electron chi connectivity index (χ2n) is 6.16. The first-order valence-electron chi connectivity index (χ1n) is 8.28. The van der Waals surface area contributed by atoms with Crippen LogP contribution in [0.2, 0.25) is 0 Å². The zero-order chi connectivity index (χ0) is 16.2. The molecular formula is C18H24N2O2S. The van der Waals surface area contributed by atoms with Crippen molar-refractivity contribution in [1.29, 1.82) is 0 Å². The largest absolute Gasteiger partial charge is 0.468 e. The summed E-state index contributed by atoms with van der Waals surface area (Å²) < 4.78 is 5.62. The normalized spacial score (nSPS) is 17.1. The number of thiophene rings is 1. The van der Waals surface area contributed by atoms with Crippen molar-refractivity contribution >= 4 is 17.2 Å². The average Bonchev–Trinajstić information content (AvgIpc) is 3.18. The standard InChI is InChI=1S/C18H24N2O2S/c1-13-11-15(14(2)23-13)18(21)19-12-16(17-7-6-10-22-17)20-8-4-3-5-9-20/h6-7,10-11,16H,3-5,8-9,12H2,1-2H3,(H,19,21). The molecule has 1 saturated heterocycles. The minimum absolute atomic E-state index is 0.0143. The molecule has 1 aliphatic rings. The summed E-state index contributed by atoms with van der Waals surface area (Å²) >= 11 is 1.67. The highest BCUT2D eigenvalue weighted by molar-refractivity contribution is 7.12. The Morgan fingerprint density at radius 3 is 2.74 bits per heavy atom. The van der Waals surface area contributed by atoms with Gasteiger partial charge in [-0.1, -0.05) is 6.42 Å². The SMILES string of the molecule is Cc1cc(C(=O)NCC(c2ccco2)N2CCCCC2)c(C)s1. The molecule has 4 nitrogen and oxygen atoms in total. The van der Waals surface area contributed by atoms with Gasteiger partial charge in [-0.05, 0) is 58.0 Å². The molecule has 124 valence electrons. The van der Waals surface area contributed by atoms with E-state index in [9.17, 15) is 4.79 Å². The Morgan fingerprint density at radius 2 is 2.13 bits per heavy atom. The number of hydrogen-bond donors (Lipinski definition) is 1. The van der Waals surface area contributed by atoms with E-state index in [1.165, 1.54) is 24.1 Å². The lowest BCUT2D eigenvalue weighted by molar-refractivity contribution is 0.0914. The van der Waals surface area contributed by atoms with Crippen LogP contribution < -0.4 is 5.32 Å². The van der Waals surface area contributed by atoms with Gasteiger partial charge in [0.05, 0.1) is 17.9 Å². The number of piperidine rings is 1. The van der Waals surface area contributed by atoms with Gasteiger partial charge < -0.3 is 9.73 Å². The predicted octanol–water partition coefficient (Wildman–Crippen LogP) is 3.91. The highest BCUT2D eigenvalue weighted by atomic mass is 32.1. The van der Waals surface area contributed by atoms with E-state index >= 15 is 0 Å². The van der Waals surface area contributed by atoms with Crippen LogP contribution in [0.25, 0.3) is 0 Å². The molecular weight excluding hydrogens is 308 g/mol. The van der Waals surface area contributed by atoms with Crippen LogP contribution in [0.1, 0.15) is 51.2 Å². The van der Waals surface area contributed by atoms with Crippen LogP contribution in [-0.2, 0) is 0 Å². The Labute approximate surface area is 141 Å². The lowest BCUT2D eigenvalue weighted by Crippen LogP contribution is -2.40. The minimum atomic E-state index is 0.0143. The molecule has 3 heterocycles. The molecule has 0 saturated carbocycles. The van der Waals surface area contributed by atoms with E-state index in [1.54, 1.807) is 17.6 Å². The van der Waals surface area contributed by atoms with Crippen LogP contribution in [0, 0.1) is 13.8 Å². The van der Waals surface area contributed by atoms with Crippen LogP contribution in [0.3, 0.4) is 0 Å². The summed E-state index contributed by atoms with van der Waals surface area (Å²) in [6.45, 7) is 6.76. The summed E-state index contributed by atoms with van der Waals surface area (Å²) in [4.78, 5) is 17.2. The number of hydrogen-bond acceptors (Lipinski definition) is 4. The predicted molar refractivity (Wildman–Crippen MR) is 93.0 cm³/mol. The highest BCUT2D eigenvalue weighted by Gasteiger charge is 2.25. The molecule has 1 N–H and O–H groups in total. The van der Waals surface area contributed by atoms with E-state index in [-0.39, 0.29) is 11.9 Å². The van der Waals surface area contributed by atoms with Gasteiger partial charge in [-0.15, -0.1) is 11.3 Å². The maximum absolute atomic E-state index is 12.5. The number of furan rings is 1. The monoisotopic (exact) mass is 332 g/mol. The molecule has 5 heteroatoms. The summed E-state index contributed by atoms with van der Waals surface area (Å²) in [7, 11) is 0. The first-order valence-corrected chi connectivity index (χ1v) is 9.09. The van der Waals surface area contributed by atoms with E-state index in [2.05, 4.69) is 10.2 Å². The third kappa shape index (κ3) is 3.85. The number of amides is 1. The van der Waals surface area contributed by atoms with Gasteiger partial charge in [-0.25, -0.2) is 0 Å². The zero-order valence-corrected chi connectivity index (χ0v) is 14.6.